The molecule has 3 aromatic rings. The van der Waals surface area contributed by atoms with Gasteiger partial charge in [0.2, 0.25) is 5.88 Å². The third-order valence-corrected chi connectivity index (χ3v) is 3.75. The maximum Gasteiger partial charge on any atom is 0.220 e. The monoisotopic (exact) mass is 346 g/mol. The van der Waals surface area contributed by atoms with Crippen molar-refractivity contribution >= 4 is 26.8 Å². The average molecular weight is 347 g/mol. The van der Waals surface area contributed by atoms with Gasteiger partial charge in [0.25, 0.3) is 0 Å². The van der Waals surface area contributed by atoms with Gasteiger partial charge in [0, 0.05) is 24.1 Å². The Morgan fingerprint density at radius 2 is 1.95 bits per heavy atom. The summed E-state index contributed by atoms with van der Waals surface area (Å²) in [5.74, 6) is 0.407. The van der Waals surface area contributed by atoms with Crippen molar-refractivity contribution in [2.75, 3.05) is 0 Å². The first-order valence-electron chi connectivity index (χ1n) is 6.39. The van der Waals surface area contributed by atoms with Gasteiger partial charge in [0.15, 0.2) is 0 Å². The Labute approximate surface area is 129 Å². The smallest absolute Gasteiger partial charge is 0.220 e. The van der Waals surface area contributed by atoms with Crippen LogP contribution in [0.4, 0.5) is 4.39 Å². The van der Waals surface area contributed by atoms with Gasteiger partial charge in [-0.25, -0.2) is 9.37 Å². The van der Waals surface area contributed by atoms with E-state index in [9.17, 15) is 4.39 Å². The minimum atomic E-state index is -0.382. The number of halogens is 2. The van der Waals surface area contributed by atoms with Gasteiger partial charge in [0.05, 0.1) is 9.99 Å². The molecule has 2 aromatic carbocycles. The molecule has 3 nitrogen and oxygen atoms in total. The van der Waals surface area contributed by atoms with Crippen LogP contribution in [0.5, 0.6) is 11.6 Å². The molecule has 1 heterocycles. The van der Waals surface area contributed by atoms with E-state index in [1.807, 2.05) is 24.3 Å². The molecule has 0 unspecified atom stereocenters. The predicted octanol–water partition coefficient (Wildman–Crippen LogP) is 4.39. The molecular weight excluding hydrogens is 335 g/mol. The third kappa shape index (κ3) is 2.89. The summed E-state index contributed by atoms with van der Waals surface area (Å²) < 4.78 is 19.5. The summed E-state index contributed by atoms with van der Waals surface area (Å²) >= 11 is 3.11. The van der Waals surface area contributed by atoms with Gasteiger partial charge in [-0.05, 0) is 39.7 Å². The number of fused-ring (bicyclic) bond motifs is 1. The molecule has 0 saturated heterocycles. The second-order valence-corrected chi connectivity index (χ2v) is 5.37. The number of para-hydroxylation sites is 1. The van der Waals surface area contributed by atoms with Gasteiger partial charge in [0.1, 0.15) is 11.6 Å². The molecule has 1 aromatic heterocycles. The average Bonchev–Trinajstić information content (AvgIpc) is 2.50. The zero-order valence-electron chi connectivity index (χ0n) is 11.0. The second kappa shape index (κ2) is 5.79. The van der Waals surface area contributed by atoms with E-state index in [1.165, 1.54) is 6.07 Å². The van der Waals surface area contributed by atoms with Crippen LogP contribution in [0.25, 0.3) is 10.9 Å². The van der Waals surface area contributed by atoms with E-state index in [0.29, 0.717) is 22.6 Å². The highest BCUT2D eigenvalue weighted by molar-refractivity contribution is 9.10. The van der Waals surface area contributed by atoms with Crippen LogP contribution in [0, 0.1) is 5.82 Å². The molecule has 0 saturated carbocycles. The summed E-state index contributed by atoms with van der Waals surface area (Å²) in [6, 6.07) is 14.1. The van der Waals surface area contributed by atoms with Crippen LogP contribution in [0.1, 0.15) is 5.56 Å². The van der Waals surface area contributed by atoms with Crippen molar-refractivity contribution in [3.05, 3.63) is 64.4 Å². The van der Waals surface area contributed by atoms with Crippen LogP contribution in [0.15, 0.2) is 53.0 Å². The second-order valence-electron chi connectivity index (χ2n) is 4.52. The summed E-state index contributed by atoms with van der Waals surface area (Å²) in [5, 5.41) is 0.995. The van der Waals surface area contributed by atoms with Crippen LogP contribution in [0.2, 0.25) is 0 Å². The first kappa shape index (κ1) is 14.0. The summed E-state index contributed by atoms with van der Waals surface area (Å²) in [5.41, 5.74) is 7.51. The Hall–Kier alpha value is -1.98. The van der Waals surface area contributed by atoms with Gasteiger partial charge >= 0.3 is 0 Å². The molecule has 0 aliphatic carbocycles. The maximum atomic E-state index is 13.5. The molecule has 0 bridgehead atoms. The van der Waals surface area contributed by atoms with Crippen molar-refractivity contribution in [1.82, 2.24) is 4.98 Å². The SMILES string of the molecule is NCc1cc(Oc2ccc(Br)c(F)c2)nc2ccccc12. The Morgan fingerprint density at radius 1 is 1.14 bits per heavy atom. The van der Waals surface area contributed by atoms with Crippen LogP contribution < -0.4 is 10.5 Å². The zero-order valence-corrected chi connectivity index (χ0v) is 12.6. The van der Waals surface area contributed by atoms with Crippen LogP contribution in [-0.4, -0.2) is 4.98 Å². The highest BCUT2D eigenvalue weighted by atomic mass is 79.9. The molecule has 21 heavy (non-hydrogen) atoms. The van der Waals surface area contributed by atoms with Gasteiger partial charge in [-0.3, -0.25) is 0 Å². The lowest BCUT2D eigenvalue weighted by Crippen LogP contribution is -2.00. The fourth-order valence-electron chi connectivity index (χ4n) is 2.10. The summed E-state index contributed by atoms with van der Waals surface area (Å²) in [6.07, 6.45) is 0. The standard InChI is InChI=1S/C16H12BrFN2O/c17-13-6-5-11(8-14(13)18)21-16-7-10(9-19)12-3-1-2-4-15(12)20-16/h1-8H,9,19H2. The minimum absolute atomic E-state index is 0.382. The largest absolute Gasteiger partial charge is 0.439 e. The number of hydrogen-bond donors (Lipinski definition) is 1. The minimum Gasteiger partial charge on any atom is -0.439 e. The van der Waals surface area contributed by atoms with E-state index in [0.717, 1.165) is 16.5 Å². The van der Waals surface area contributed by atoms with Crippen molar-refractivity contribution in [3.8, 4) is 11.6 Å². The number of hydrogen-bond acceptors (Lipinski definition) is 3. The fourth-order valence-corrected chi connectivity index (χ4v) is 2.35. The van der Waals surface area contributed by atoms with Crippen molar-refractivity contribution in [2.24, 2.45) is 5.73 Å². The summed E-state index contributed by atoms with van der Waals surface area (Å²) in [4.78, 5) is 4.42. The lowest BCUT2D eigenvalue weighted by molar-refractivity contribution is 0.459. The number of nitrogens with two attached hydrogens (primary N) is 1. The van der Waals surface area contributed by atoms with E-state index in [1.54, 1.807) is 18.2 Å². The Bertz CT molecular complexity index is 807. The molecule has 0 radical (unpaired) electrons. The van der Waals surface area contributed by atoms with Crippen molar-refractivity contribution in [1.29, 1.82) is 0 Å². The molecule has 5 heteroatoms. The molecule has 0 amide bonds. The predicted molar refractivity (Wildman–Crippen MR) is 83.8 cm³/mol. The number of pyridine rings is 1. The number of aromatic nitrogens is 1. The molecule has 0 aliphatic heterocycles. The van der Waals surface area contributed by atoms with Crippen molar-refractivity contribution in [2.45, 2.75) is 6.54 Å². The van der Waals surface area contributed by atoms with Crippen LogP contribution >= 0.6 is 15.9 Å². The van der Waals surface area contributed by atoms with Crippen molar-refractivity contribution < 1.29 is 9.13 Å². The summed E-state index contributed by atoms with van der Waals surface area (Å²) in [6.45, 7) is 0.383. The molecule has 0 spiro atoms. The molecular formula is C16H12BrFN2O. The van der Waals surface area contributed by atoms with Crippen LogP contribution in [0.3, 0.4) is 0 Å². The van der Waals surface area contributed by atoms with E-state index < -0.39 is 0 Å². The molecule has 0 fully saturated rings. The molecule has 3 rings (SSSR count). The van der Waals surface area contributed by atoms with Gasteiger partial charge < -0.3 is 10.5 Å². The maximum absolute atomic E-state index is 13.5. The topological polar surface area (TPSA) is 48.1 Å². The molecule has 0 aliphatic rings. The number of benzene rings is 2. The lowest BCUT2D eigenvalue weighted by Gasteiger charge is -2.09. The van der Waals surface area contributed by atoms with E-state index >= 15 is 0 Å². The first-order valence-corrected chi connectivity index (χ1v) is 7.18. The number of nitrogens with zero attached hydrogens (tertiary/aromatic N) is 1. The lowest BCUT2D eigenvalue weighted by atomic mass is 10.1. The summed E-state index contributed by atoms with van der Waals surface area (Å²) in [7, 11) is 0. The fraction of sp³-hybridized carbons (Fsp3) is 0.0625. The Morgan fingerprint density at radius 3 is 2.71 bits per heavy atom. The quantitative estimate of drug-likeness (QED) is 0.765. The van der Waals surface area contributed by atoms with Gasteiger partial charge in [-0.2, -0.15) is 0 Å². The van der Waals surface area contributed by atoms with Crippen molar-refractivity contribution in [3.63, 3.8) is 0 Å². The van der Waals surface area contributed by atoms with Gasteiger partial charge in [-0.1, -0.05) is 18.2 Å². The van der Waals surface area contributed by atoms with E-state index in [-0.39, 0.29) is 5.82 Å². The molecule has 106 valence electrons. The highest BCUT2D eigenvalue weighted by Crippen LogP contribution is 2.27. The normalized spacial score (nSPS) is 10.8. The zero-order chi connectivity index (χ0) is 14.8. The number of ether oxygens (including phenoxy) is 1. The Balaban J connectivity index is 2.02. The molecule has 2 N–H and O–H groups in total. The number of rotatable bonds is 3. The van der Waals surface area contributed by atoms with E-state index in [4.69, 9.17) is 10.5 Å². The molecule has 0 atom stereocenters. The third-order valence-electron chi connectivity index (χ3n) is 3.11. The van der Waals surface area contributed by atoms with Crippen LogP contribution in [-0.2, 0) is 6.54 Å². The first-order chi connectivity index (χ1) is 10.2. The Kier molecular flexibility index (Phi) is 3.86. The highest BCUT2D eigenvalue weighted by Gasteiger charge is 2.08. The van der Waals surface area contributed by atoms with Gasteiger partial charge in [-0.15, -0.1) is 0 Å². The van der Waals surface area contributed by atoms with E-state index in [2.05, 4.69) is 20.9 Å².